The Morgan fingerprint density at radius 2 is 2.17 bits per heavy atom. The number of rotatable bonds is 1. The van der Waals surface area contributed by atoms with Gasteiger partial charge in [-0.3, -0.25) is 9.48 Å². The van der Waals surface area contributed by atoms with Crippen LogP contribution in [-0.2, 0) is 7.05 Å². The van der Waals surface area contributed by atoms with Gasteiger partial charge in [-0.2, -0.15) is 5.10 Å². The van der Waals surface area contributed by atoms with E-state index in [1.54, 1.807) is 30.1 Å². The number of benzene rings is 1. The Morgan fingerprint density at radius 1 is 1.33 bits per heavy atom. The van der Waals surface area contributed by atoms with E-state index in [0.717, 1.165) is 5.69 Å². The molecule has 2 heterocycles. The maximum absolute atomic E-state index is 13.7. The van der Waals surface area contributed by atoms with E-state index in [4.69, 9.17) is 0 Å². The average molecular weight is 243 g/mol. The maximum atomic E-state index is 13.7. The lowest BCUT2D eigenvalue weighted by molar-refractivity contribution is 0.636. The SMILES string of the molecule is Cn1nccc1-c1cc(=O)c2cccc(F)c2[nH]1. The summed E-state index contributed by atoms with van der Waals surface area (Å²) in [7, 11) is 1.76. The molecule has 1 N–H and O–H groups in total. The normalized spacial score (nSPS) is 11.0. The first kappa shape index (κ1) is 10.7. The molecule has 0 aliphatic heterocycles. The monoisotopic (exact) mass is 243 g/mol. The van der Waals surface area contributed by atoms with Gasteiger partial charge in [0.1, 0.15) is 5.82 Å². The predicted octanol–water partition coefficient (Wildman–Crippen LogP) is 2.07. The summed E-state index contributed by atoms with van der Waals surface area (Å²) < 4.78 is 15.3. The molecule has 0 unspecified atom stereocenters. The highest BCUT2D eigenvalue weighted by Crippen LogP contribution is 2.18. The Balaban J connectivity index is 2.37. The second-order valence-corrected chi connectivity index (χ2v) is 4.05. The molecule has 0 radical (unpaired) electrons. The predicted molar refractivity (Wildman–Crippen MR) is 66.7 cm³/mol. The molecular formula is C13H10FN3O. The number of pyridine rings is 1. The molecule has 5 heteroatoms. The molecule has 3 aromatic rings. The van der Waals surface area contributed by atoms with Crippen LogP contribution in [0, 0.1) is 5.82 Å². The Labute approximate surface area is 102 Å². The smallest absolute Gasteiger partial charge is 0.190 e. The van der Waals surface area contributed by atoms with E-state index >= 15 is 0 Å². The molecule has 90 valence electrons. The second-order valence-electron chi connectivity index (χ2n) is 4.05. The zero-order valence-corrected chi connectivity index (χ0v) is 9.64. The van der Waals surface area contributed by atoms with Gasteiger partial charge in [-0.05, 0) is 18.2 Å². The molecular weight excluding hydrogens is 233 g/mol. The third-order valence-corrected chi connectivity index (χ3v) is 2.91. The van der Waals surface area contributed by atoms with Crippen molar-refractivity contribution in [3.63, 3.8) is 0 Å². The van der Waals surface area contributed by atoms with Gasteiger partial charge in [-0.15, -0.1) is 0 Å². The van der Waals surface area contributed by atoms with Crippen LogP contribution in [0.25, 0.3) is 22.3 Å². The van der Waals surface area contributed by atoms with Crippen LogP contribution in [-0.4, -0.2) is 14.8 Å². The summed E-state index contributed by atoms with van der Waals surface area (Å²) in [4.78, 5) is 14.9. The largest absolute Gasteiger partial charge is 0.351 e. The molecule has 1 aromatic carbocycles. The molecule has 18 heavy (non-hydrogen) atoms. The van der Waals surface area contributed by atoms with Gasteiger partial charge in [0.15, 0.2) is 5.43 Å². The van der Waals surface area contributed by atoms with E-state index in [9.17, 15) is 9.18 Å². The number of para-hydroxylation sites is 1. The third kappa shape index (κ3) is 1.52. The summed E-state index contributed by atoms with van der Waals surface area (Å²) in [5.74, 6) is -0.436. The van der Waals surface area contributed by atoms with Crippen LogP contribution in [0.1, 0.15) is 0 Å². The van der Waals surface area contributed by atoms with Crippen molar-refractivity contribution >= 4 is 10.9 Å². The first-order valence-electron chi connectivity index (χ1n) is 5.47. The lowest BCUT2D eigenvalue weighted by Crippen LogP contribution is -2.05. The number of nitrogens with zero attached hydrogens (tertiary/aromatic N) is 2. The van der Waals surface area contributed by atoms with Crippen LogP contribution >= 0.6 is 0 Å². The van der Waals surface area contributed by atoms with Crippen molar-refractivity contribution in [3.05, 3.63) is 52.6 Å². The van der Waals surface area contributed by atoms with Gasteiger partial charge in [-0.25, -0.2) is 4.39 Å². The van der Waals surface area contributed by atoms with Crippen LogP contribution in [0.4, 0.5) is 4.39 Å². The second kappa shape index (κ2) is 3.80. The first-order valence-corrected chi connectivity index (χ1v) is 5.47. The lowest BCUT2D eigenvalue weighted by Gasteiger charge is -2.05. The van der Waals surface area contributed by atoms with Crippen molar-refractivity contribution < 1.29 is 4.39 Å². The van der Waals surface area contributed by atoms with Crippen molar-refractivity contribution in [2.24, 2.45) is 7.05 Å². The summed E-state index contributed by atoms with van der Waals surface area (Å²) in [5.41, 5.74) is 1.30. The third-order valence-electron chi connectivity index (χ3n) is 2.91. The van der Waals surface area contributed by atoms with E-state index in [1.165, 1.54) is 18.2 Å². The minimum atomic E-state index is -0.436. The molecule has 2 aromatic heterocycles. The first-order chi connectivity index (χ1) is 8.66. The van der Waals surface area contributed by atoms with Gasteiger partial charge in [0.2, 0.25) is 0 Å². The number of H-pyrrole nitrogens is 1. The molecule has 0 bridgehead atoms. The van der Waals surface area contributed by atoms with E-state index in [1.807, 2.05) is 0 Å². The number of hydrogen-bond acceptors (Lipinski definition) is 2. The zero-order chi connectivity index (χ0) is 12.7. The van der Waals surface area contributed by atoms with Gasteiger partial charge < -0.3 is 4.98 Å². The summed E-state index contributed by atoms with van der Waals surface area (Å²) >= 11 is 0. The summed E-state index contributed by atoms with van der Waals surface area (Å²) in [6.07, 6.45) is 1.62. The molecule has 0 saturated heterocycles. The minimum Gasteiger partial charge on any atom is -0.351 e. The molecule has 0 atom stereocenters. The topological polar surface area (TPSA) is 50.7 Å². The molecule has 0 spiro atoms. The number of nitrogens with one attached hydrogen (secondary N) is 1. The number of halogens is 1. The van der Waals surface area contributed by atoms with Gasteiger partial charge in [0.05, 0.1) is 16.9 Å². The quantitative estimate of drug-likeness (QED) is 0.711. The lowest BCUT2D eigenvalue weighted by atomic mass is 10.1. The van der Waals surface area contributed by atoms with E-state index in [-0.39, 0.29) is 10.9 Å². The fraction of sp³-hybridized carbons (Fsp3) is 0.0769. The summed E-state index contributed by atoms with van der Waals surface area (Å²) in [6.45, 7) is 0. The number of aromatic nitrogens is 3. The van der Waals surface area contributed by atoms with E-state index in [2.05, 4.69) is 10.1 Å². The van der Waals surface area contributed by atoms with Crippen molar-refractivity contribution in [1.82, 2.24) is 14.8 Å². The number of hydrogen-bond donors (Lipinski definition) is 1. The number of fused-ring (bicyclic) bond motifs is 1. The number of aryl methyl sites for hydroxylation is 1. The minimum absolute atomic E-state index is 0.209. The van der Waals surface area contributed by atoms with Crippen LogP contribution in [0.5, 0.6) is 0 Å². The fourth-order valence-electron chi connectivity index (χ4n) is 2.01. The van der Waals surface area contributed by atoms with Crippen LogP contribution in [0.15, 0.2) is 41.3 Å². The highest BCUT2D eigenvalue weighted by atomic mass is 19.1. The van der Waals surface area contributed by atoms with Crippen LogP contribution in [0.2, 0.25) is 0 Å². The van der Waals surface area contributed by atoms with E-state index in [0.29, 0.717) is 11.1 Å². The molecule has 0 saturated carbocycles. The van der Waals surface area contributed by atoms with Gasteiger partial charge in [-0.1, -0.05) is 6.07 Å². The van der Waals surface area contributed by atoms with Gasteiger partial charge >= 0.3 is 0 Å². The Hall–Kier alpha value is -2.43. The molecule has 4 nitrogen and oxygen atoms in total. The van der Waals surface area contributed by atoms with Crippen molar-refractivity contribution in [2.45, 2.75) is 0 Å². The van der Waals surface area contributed by atoms with Crippen molar-refractivity contribution in [1.29, 1.82) is 0 Å². The average Bonchev–Trinajstić information content (AvgIpc) is 2.77. The standard InChI is InChI=1S/C13H10FN3O/c1-17-11(5-6-15-17)10-7-12(18)8-3-2-4-9(14)13(8)16-10/h2-7H,1H3,(H,16,18). The highest BCUT2D eigenvalue weighted by molar-refractivity contribution is 5.81. The molecule has 0 amide bonds. The molecule has 0 aliphatic carbocycles. The summed E-state index contributed by atoms with van der Waals surface area (Å²) in [5, 5.41) is 4.37. The fourth-order valence-corrected chi connectivity index (χ4v) is 2.01. The molecule has 3 rings (SSSR count). The van der Waals surface area contributed by atoms with Crippen LogP contribution in [0.3, 0.4) is 0 Å². The van der Waals surface area contributed by atoms with E-state index < -0.39 is 5.82 Å². The zero-order valence-electron chi connectivity index (χ0n) is 9.64. The maximum Gasteiger partial charge on any atom is 0.190 e. The number of aromatic amines is 1. The Morgan fingerprint density at radius 3 is 2.89 bits per heavy atom. The van der Waals surface area contributed by atoms with Crippen molar-refractivity contribution in [3.8, 4) is 11.4 Å². The molecule has 0 aliphatic rings. The van der Waals surface area contributed by atoms with Gasteiger partial charge in [0, 0.05) is 24.7 Å². The van der Waals surface area contributed by atoms with Crippen molar-refractivity contribution in [2.75, 3.05) is 0 Å². The molecule has 0 fully saturated rings. The highest BCUT2D eigenvalue weighted by Gasteiger charge is 2.09. The van der Waals surface area contributed by atoms with Gasteiger partial charge in [0.25, 0.3) is 0 Å². The van der Waals surface area contributed by atoms with Crippen LogP contribution < -0.4 is 5.43 Å². The Bertz CT molecular complexity index is 788. The summed E-state index contributed by atoms with van der Waals surface area (Å²) in [6, 6.07) is 7.67. The Kier molecular flexibility index (Phi) is 2.26.